The molecule has 1 fully saturated rings. The van der Waals surface area contributed by atoms with E-state index in [-0.39, 0.29) is 51.3 Å². The van der Waals surface area contributed by atoms with Crippen LogP contribution in [-0.4, -0.2) is 77.3 Å². The Morgan fingerprint density at radius 2 is 1.76 bits per heavy atom. The van der Waals surface area contributed by atoms with Crippen LogP contribution in [0.2, 0.25) is 0 Å². The van der Waals surface area contributed by atoms with Crippen molar-refractivity contribution in [1.29, 1.82) is 0 Å². The number of nitrogens with one attached hydrogen (secondary N) is 2. The van der Waals surface area contributed by atoms with E-state index in [1.54, 1.807) is 11.3 Å². The van der Waals surface area contributed by atoms with Gasteiger partial charge in [-0.2, -0.15) is 0 Å². The van der Waals surface area contributed by atoms with E-state index < -0.39 is 35.4 Å². The van der Waals surface area contributed by atoms with E-state index in [9.17, 15) is 19.5 Å². The molecule has 0 saturated carbocycles. The molecule has 1 aliphatic rings. The number of aryl methyl sites for hydroxylation is 1. The molecule has 0 bridgehead atoms. The van der Waals surface area contributed by atoms with E-state index in [1.807, 2.05) is 88.7 Å². The Morgan fingerprint density at radius 1 is 1.08 bits per heavy atom. The van der Waals surface area contributed by atoms with Gasteiger partial charge in [0.15, 0.2) is 0 Å². The quantitative estimate of drug-likeness (QED) is 0.166. The topological polar surface area (TPSA) is 156 Å². The lowest BCUT2D eigenvalue weighted by molar-refractivity contribution is -0.144. The van der Waals surface area contributed by atoms with Gasteiger partial charge >= 0.3 is 0 Å². The molecule has 1 aromatic heterocycles. The summed E-state index contributed by atoms with van der Waals surface area (Å²) in [5.41, 5.74) is 10.9. The fraction of sp³-hybridized carbons (Fsp3) is 0.421. The second-order valence-corrected chi connectivity index (χ2v) is 14.0. The molecule has 1 saturated heterocycles. The van der Waals surface area contributed by atoms with Gasteiger partial charge in [-0.3, -0.25) is 14.4 Å². The first-order chi connectivity index (χ1) is 23.8. The number of aliphatic hydroxyl groups excluding tert-OH is 1. The van der Waals surface area contributed by atoms with E-state index in [0.717, 1.165) is 27.3 Å². The molecule has 1 aliphatic heterocycles. The van der Waals surface area contributed by atoms with Gasteiger partial charge in [-0.15, -0.1) is 11.3 Å². The van der Waals surface area contributed by atoms with Crippen LogP contribution in [0.4, 0.5) is 0 Å². The van der Waals surface area contributed by atoms with Gasteiger partial charge in [-0.05, 0) is 65.8 Å². The average Bonchev–Trinajstić information content (AvgIpc) is 3.70. The van der Waals surface area contributed by atoms with Crippen LogP contribution >= 0.6 is 11.3 Å². The first-order valence-electron chi connectivity index (χ1n) is 16.4. The lowest BCUT2D eigenvalue weighted by atomic mass is 9.85. The molecule has 0 aliphatic carbocycles. The van der Waals surface area contributed by atoms with Crippen LogP contribution in [0.15, 0.2) is 54.0 Å². The van der Waals surface area contributed by atoms with Gasteiger partial charge in [0.2, 0.25) is 17.7 Å². The number of aromatic nitrogens is 1. The summed E-state index contributed by atoms with van der Waals surface area (Å²) in [6, 6.07) is 13.4. The van der Waals surface area contributed by atoms with Gasteiger partial charge in [0.25, 0.3) is 0 Å². The summed E-state index contributed by atoms with van der Waals surface area (Å²) in [4.78, 5) is 46.6. The molecule has 2 heterocycles. The molecule has 12 heteroatoms. The molecule has 0 spiro atoms. The molecule has 3 aromatic rings. The van der Waals surface area contributed by atoms with E-state index in [1.165, 1.54) is 4.90 Å². The van der Waals surface area contributed by atoms with Crippen molar-refractivity contribution in [3.8, 4) is 39.9 Å². The minimum Gasteiger partial charge on any atom is -0.481 e. The number of amides is 3. The van der Waals surface area contributed by atoms with Gasteiger partial charge in [0, 0.05) is 25.6 Å². The fourth-order valence-electron chi connectivity index (χ4n) is 5.33. The van der Waals surface area contributed by atoms with E-state index in [4.69, 9.17) is 15.2 Å². The second-order valence-electron chi connectivity index (χ2n) is 13.2. The Hall–Kier alpha value is -4.72. The monoisotopic (exact) mass is 699 g/mol. The first-order valence-corrected chi connectivity index (χ1v) is 17.3. The van der Waals surface area contributed by atoms with Crippen LogP contribution < -0.4 is 21.1 Å². The van der Waals surface area contributed by atoms with Crippen molar-refractivity contribution < 1.29 is 29.0 Å². The van der Waals surface area contributed by atoms with Crippen molar-refractivity contribution >= 4 is 29.1 Å². The van der Waals surface area contributed by atoms with Gasteiger partial charge in [0.1, 0.15) is 37.7 Å². The zero-order chi connectivity index (χ0) is 36.3. The largest absolute Gasteiger partial charge is 0.481 e. The predicted octanol–water partition coefficient (Wildman–Crippen LogP) is 3.35. The van der Waals surface area contributed by atoms with Crippen molar-refractivity contribution in [2.75, 3.05) is 26.4 Å². The van der Waals surface area contributed by atoms with Crippen LogP contribution in [0.25, 0.3) is 10.4 Å². The second kappa shape index (κ2) is 17.8. The summed E-state index contributed by atoms with van der Waals surface area (Å²) in [5, 5.41) is 16.1. The highest BCUT2D eigenvalue weighted by Gasteiger charge is 2.44. The Labute approximate surface area is 297 Å². The third kappa shape index (κ3) is 10.9. The van der Waals surface area contributed by atoms with E-state index >= 15 is 0 Å². The minimum absolute atomic E-state index is 0.0136. The molecule has 50 heavy (non-hydrogen) atoms. The summed E-state index contributed by atoms with van der Waals surface area (Å²) >= 11 is 1.57. The summed E-state index contributed by atoms with van der Waals surface area (Å²) in [5.74, 6) is 10.2. The first kappa shape index (κ1) is 38.1. The van der Waals surface area contributed by atoms with Crippen LogP contribution in [0.1, 0.15) is 57.0 Å². The summed E-state index contributed by atoms with van der Waals surface area (Å²) < 4.78 is 10.9. The molecule has 4 atom stereocenters. The molecule has 0 radical (unpaired) electrons. The number of likely N-dealkylation sites (tertiary alicyclic amines) is 1. The number of benzene rings is 2. The normalized spacial score (nSPS) is 16.7. The van der Waals surface area contributed by atoms with Crippen molar-refractivity contribution in [3.05, 3.63) is 70.9 Å². The molecule has 2 aromatic carbocycles. The maximum Gasteiger partial charge on any atom is 0.246 e. The Balaban J connectivity index is 1.24. The van der Waals surface area contributed by atoms with Crippen molar-refractivity contribution in [2.45, 2.75) is 71.8 Å². The van der Waals surface area contributed by atoms with Gasteiger partial charge in [-0.25, -0.2) is 4.98 Å². The van der Waals surface area contributed by atoms with E-state index in [0.29, 0.717) is 5.75 Å². The Morgan fingerprint density at radius 3 is 2.38 bits per heavy atom. The zero-order valence-electron chi connectivity index (χ0n) is 29.1. The maximum absolute atomic E-state index is 13.8. The van der Waals surface area contributed by atoms with E-state index in [2.05, 4.69) is 39.3 Å². The number of ether oxygens (including phenoxy) is 2. The van der Waals surface area contributed by atoms with Crippen molar-refractivity contribution in [1.82, 2.24) is 20.5 Å². The highest BCUT2D eigenvalue weighted by molar-refractivity contribution is 7.13. The number of aliphatic hydroxyl groups is 1. The summed E-state index contributed by atoms with van der Waals surface area (Å²) in [6.45, 7) is 9.38. The predicted molar refractivity (Wildman–Crippen MR) is 193 cm³/mol. The molecular formula is C38H45N5O6S. The Bertz CT molecular complexity index is 1740. The lowest BCUT2D eigenvalue weighted by Crippen LogP contribution is -2.58. The van der Waals surface area contributed by atoms with Crippen molar-refractivity contribution in [2.24, 2.45) is 11.1 Å². The Kier molecular flexibility index (Phi) is 13.6. The van der Waals surface area contributed by atoms with Gasteiger partial charge < -0.3 is 35.8 Å². The number of hydrogen-bond acceptors (Lipinski definition) is 9. The SMILES string of the molecule is Cc1ncsc1-c1ccc(CNC(=O)C2CC(O)CN2C(=O)C(NC(=O)COCC#CC#CCOc2ccc(C(C)N)cc2)C(C)(C)C)cc1. The summed E-state index contributed by atoms with van der Waals surface area (Å²) in [6.07, 6.45) is -0.763. The zero-order valence-corrected chi connectivity index (χ0v) is 29.9. The number of hydrogen-bond donors (Lipinski definition) is 4. The van der Waals surface area contributed by atoms with Crippen LogP contribution in [0.3, 0.4) is 0 Å². The number of carbonyl (C=O) groups is 3. The number of nitrogens with two attached hydrogens (primary N) is 1. The average molecular weight is 700 g/mol. The summed E-state index contributed by atoms with van der Waals surface area (Å²) in [7, 11) is 0. The third-order valence-corrected chi connectivity index (χ3v) is 9.05. The minimum atomic E-state index is -0.964. The maximum atomic E-state index is 13.8. The fourth-order valence-corrected chi connectivity index (χ4v) is 6.14. The molecule has 3 amide bonds. The highest BCUT2D eigenvalue weighted by Crippen LogP contribution is 2.28. The molecule has 4 rings (SSSR count). The van der Waals surface area contributed by atoms with Crippen LogP contribution in [0, 0.1) is 36.0 Å². The number of carbonyl (C=O) groups excluding carboxylic acids is 3. The molecule has 264 valence electrons. The number of thiazole rings is 1. The standard InChI is InChI=1S/C38H45N5O6S/c1-25(39)28-14-16-31(17-15-28)49-19-9-7-6-8-18-48-23-33(45)42-35(38(3,4)5)37(47)43-22-30(44)20-32(43)36(46)40-21-27-10-12-29(13-11-27)34-26(2)41-24-50-34/h10-17,24-25,30,32,35,44H,18-23,39H2,1-5H3,(H,40,46)(H,42,45). The van der Waals surface area contributed by atoms with Crippen LogP contribution in [-0.2, 0) is 25.7 Å². The van der Waals surface area contributed by atoms with Gasteiger partial charge in [0.05, 0.1) is 22.2 Å². The van der Waals surface area contributed by atoms with Crippen molar-refractivity contribution in [3.63, 3.8) is 0 Å². The van der Waals surface area contributed by atoms with Crippen LogP contribution in [0.5, 0.6) is 5.75 Å². The highest BCUT2D eigenvalue weighted by atomic mass is 32.1. The third-order valence-electron chi connectivity index (χ3n) is 8.07. The number of β-amino-alcohol motifs (C(OH)–C–C–N with tert-alkyl or cyclic N) is 1. The molecular weight excluding hydrogens is 655 g/mol. The van der Waals surface area contributed by atoms with Gasteiger partial charge in [-0.1, -0.05) is 63.1 Å². The molecule has 11 nitrogen and oxygen atoms in total. The molecule has 4 unspecified atom stereocenters. The number of rotatable bonds is 12. The molecule has 5 N–H and O–H groups in total. The number of nitrogens with zero attached hydrogens (tertiary/aromatic N) is 2. The lowest BCUT2D eigenvalue weighted by Gasteiger charge is -2.35. The smallest absolute Gasteiger partial charge is 0.246 e.